The number of thiazole rings is 1. The third-order valence-electron chi connectivity index (χ3n) is 3.00. The highest BCUT2D eigenvalue weighted by molar-refractivity contribution is 7.15. The molecule has 100 valence electrons. The lowest BCUT2D eigenvalue weighted by molar-refractivity contribution is -0.116. The van der Waals surface area contributed by atoms with Gasteiger partial charge in [0.25, 0.3) is 0 Å². The quantitative estimate of drug-likeness (QED) is 0.925. The Bertz CT molecular complexity index is 570. The number of anilines is 1. The summed E-state index contributed by atoms with van der Waals surface area (Å²) in [6.07, 6.45) is 1.25. The van der Waals surface area contributed by atoms with Crippen molar-refractivity contribution < 1.29 is 4.79 Å². The largest absolute Gasteiger partial charge is 0.302 e. The van der Waals surface area contributed by atoms with E-state index in [-0.39, 0.29) is 5.91 Å². The van der Waals surface area contributed by atoms with Gasteiger partial charge in [-0.1, -0.05) is 29.8 Å². The number of rotatable bonds is 4. The predicted molar refractivity (Wildman–Crippen MR) is 79.7 cm³/mol. The van der Waals surface area contributed by atoms with Gasteiger partial charge >= 0.3 is 0 Å². The van der Waals surface area contributed by atoms with E-state index < -0.39 is 0 Å². The normalized spacial score (nSPS) is 10.5. The van der Waals surface area contributed by atoms with E-state index in [1.807, 2.05) is 19.9 Å². The molecule has 19 heavy (non-hydrogen) atoms. The first kappa shape index (κ1) is 13.7. The van der Waals surface area contributed by atoms with Crippen molar-refractivity contribution in [1.29, 1.82) is 0 Å². The molecule has 0 atom stereocenters. The van der Waals surface area contributed by atoms with Crippen LogP contribution in [0.5, 0.6) is 0 Å². The Balaban J connectivity index is 1.88. The van der Waals surface area contributed by atoms with Crippen LogP contribution in [-0.4, -0.2) is 10.9 Å². The Labute approximate surface area is 117 Å². The molecule has 4 heteroatoms. The summed E-state index contributed by atoms with van der Waals surface area (Å²) >= 11 is 1.52. The zero-order valence-electron chi connectivity index (χ0n) is 11.5. The molecule has 1 aromatic carbocycles. The molecule has 0 radical (unpaired) electrons. The third kappa shape index (κ3) is 3.89. The molecule has 0 saturated heterocycles. The minimum atomic E-state index is 0.0234. The van der Waals surface area contributed by atoms with Crippen LogP contribution in [0.2, 0.25) is 0 Å². The second-order valence-electron chi connectivity index (χ2n) is 4.70. The first-order valence-electron chi connectivity index (χ1n) is 6.34. The molecule has 1 aromatic heterocycles. The van der Waals surface area contributed by atoms with Crippen LogP contribution < -0.4 is 5.32 Å². The molecule has 1 amide bonds. The number of aromatic nitrogens is 1. The smallest absolute Gasteiger partial charge is 0.226 e. The highest BCUT2D eigenvalue weighted by Crippen LogP contribution is 2.21. The molecule has 1 N–H and O–H groups in total. The lowest BCUT2D eigenvalue weighted by atomic mass is 10.1. The summed E-state index contributed by atoms with van der Waals surface area (Å²) in [5, 5.41) is 3.56. The number of nitrogens with one attached hydrogen (secondary N) is 1. The van der Waals surface area contributed by atoms with E-state index in [0.29, 0.717) is 11.6 Å². The molecule has 0 aliphatic heterocycles. The molecule has 1 heterocycles. The van der Waals surface area contributed by atoms with Crippen molar-refractivity contribution in [2.24, 2.45) is 0 Å². The number of amides is 1. The van der Waals surface area contributed by atoms with Crippen LogP contribution in [0.3, 0.4) is 0 Å². The number of carbonyl (C=O) groups is 1. The molecule has 2 aromatic rings. The first-order chi connectivity index (χ1) is 9.04. The van der Waals surface area contributed by atoms with Gasteiger partial charge in [0.15, 0.2) is 5.13 Å². The monoisotopic (exact) mass is 274 g/mol. The summed E-state index contributed by atoms with van der Waals surface area (Å²) in [5.74, 6) is 0.0234. The number of aryl methyl sites for hydroxylation is 4. The number of benzene rings is 1. The fraction of sp³-hybridized carbons (Fsp3) is 0.333. The van der Waals surface area contributed by atoms with Gasteiger partial charge in [0.1, 0.15) is 0 Å². The maximum atomic E-state index is 11.8. The van der Waals surface area contributed by atoms with Crippen LogP contribution in [0.1, 0.15) is 28.1 Å². The highest BCUT2D eigenvalue weighted by Gasteiger charge is 2.08. The number of carbonyl (C=O) groups excluding carboxylic acids is 1. The molecular formula is C15H18N2OS. The minimum Gasteiger partial charge on any atom is -0.302 e. The van der Waals surface area contributed by atoms with E-state index >= 15 is 0 Å². The standard InChI is InChI=1S/C15H18N2OS/c1-10-5-4-6-13(9-10)7-8-14(18)17-15-16-11(2)12(3)19-15/h4-6,9H,7-8H2,1-3H3,(H,16,17,18). The van der Waals surface area contributed by atoms with Crippen LogP contribution in [-0.2, 0) is 11.2 Å². The Hall–Kier alpha value is -1.68. The van der Waals surface area contributed by atoms with Crippen LogP contribution in [0.25, 0.3) is 0 Å². The maximum Gasteiger partial charge on any atom is 0.226 e. The van der Waals surface area contributed by atoms with Gasteiger partial charge in [-0.2, -0.15) is 0 Å². The van der Waals surface area contributed by atoms with Gasteiger partial charge in [0.05, 0.1) is 5.69 Å². The Morgan fingerprint density at radius 2 is 2.11 bits per heavy atom. The Morgan fingerprint density at radius 1 is 1.32 bits per heavy atom. The molecule has 0 aliphatic carbocycles. The van der Waals surface area contributed by atoms with Gasteiger partial charge in [-0.15, -0.1) is 11.3 Å². The Kier molecular flexibility index (Phi) is 4.32. The molecular weight excluding hydrogens is 256 g/mol. The zero-order valence-corrected chi connectivity index (χ0v) is 12.3. The van der Waals surface area contributed by atoms with E-state index in [9.17, 15) is 4.79 Å². The molecule has 0 unspecified atom stereocenters. The molecule has 3 nitrogen and oxygen atoms in total. The van der Waals surface area contributed by atoms with Crippen molar-refractivity contribution in [3.8, 4) is 0 Å². The fourth-order valence-corrected chi connectivity index (χ4v) is 2.66. The van der Waals surface area contributed by atoms with Gasteiger partial charge in [0.2, 0.25) is 5.91 Å². The summed E-state index contributed by atoms with van der Waals surface area (Å²) in [7, 11) is 0. The van der Waals surface area contributed by atoms with Crippen molar-refractivity contribution in [3.05, 3.63) is 46.0 Å². The van der Waals surface area contributed by atoms with Crippen LogP contribution in [0, 0.1) is 20.8 Å². The SMILES string of the molecule is Cc1cccc(CCC(=O)Nc2nc(C)c(C)s2)c1. The van der Waals surface area contributed by atoms with Crippen molar-refractivity contribution in [2.75, 3.05) is 5.32 Å². The Morgan fingerprint density at radius 3 is 2.74 bits per heavy atom. The van der Waals surface area contributed by atoms with E-state index in [1.165, 1.54) is 22.5 Å². The summed E-state index contributed by atoms with van der Waals surface area (Å²) in [6.45, 7) is 6.02. The highest BCUT2D eigenvalue weighted by atomic mass is 32.1. The van der Waals surface area contributed by atoms with Crippen molar-refractivity contribution in [3.63, 3.8) is 0 Å². The molecule has 0 fully saturated rings. The van der Waals surface area contributed by atoms with Gasteiger partial charge in [-0.3, -0.25) is 4.79 Å². The summed E-state index contributed by atoms with van der Waals surface area (Å²) < 4.78 is 0. The van der Waals surface area contributed by atoms with E-state index in [4.69, 9.17) is 0 Å². The number of hydrogen-bond acceptors (Lipinski definition) is 3. The minimum absolute atomic E-state index is 0.0234. The van der Waals surface area contributed by atoms with Crippen molar-refractivity contribution >= 4 is 22.4 Å². The average Bonchev–Trinajstić information content (AvgIpc) is 2.66. The van der Waals surface area contributed by atoms with Crippen LogP contribution >= 0.6 is 11.3 Å². The van der Waals surface area contributed by atoms with Gasteiger partial charge in [-0.05, 0) is 32.8 Å². The van der Waals surface area contributed by atoms with E-state index in [1.54, 1.807) is 0 Å². The predicted octanol–water partition coefficient (Wildman–Crippen LogP) is 3.64. The van der Waals surface area contributed by atoms with Crippen LogP contribution in [0.15, 0.2) is 24.3 Å². The molecule has 0 spiro atoms. The van der Waals surface area contributed by atoms with Gasteiger partial charge in [0, 0.05) is 11.3 Å². The molecule has 0 aliphatic rings. The summed E-state index contributed by atoms with van der Waals surface area (Å²) in [5.41, 5.74) is 3.41. The van der Waals surface area contributed by atoms with Gasteiger partial charge in [-0.25, -0.2) is 4.98 Å². The number of hydrogen-bond donors (Lipinski definition) is 1. The average molecular weight is 274 g/mol. The first-order valence-corrected chi connectivity index (χ1v) is 7.15. The van der Waals surface area contributed by atoms with E-state index in [0.717, 1.165) is 17.0 Å². The summed E-state index contributed by atoms with van der Waals surface area (Å²) in [6, 6.07) is 8.25. The fourth-order valence-electron chi connectivity index (χ4n) is 1.83. The van der Waals surface area contributed by atoms with Gasteiger partial charge < -0.3 is 5.32 Å². The molecule has 0 bridgehead atoms. The molecule has 0 saturated carbocycles. The van der Waals surface area contributed by atoms with Crippen LogP contribution in [0.4, 0.5) is 5.13 Å². The van der Waals surface area contributed by atoms with Crippen molar-refractivity contribution in [1.82, 2.24) is 4.98 Å². The topological polar surface area (TPSA) is 42.0 Å². The maximum absolute atomic E-state index is 11.8. The second kappa shape index (κ2) is 5.97. The third-order valence-corrected chi connectivity index (χ3v) is 3.99. The summed E-state index contributed by atoms with van der Waals surface area (Å²) in [4.78, 5) is 17.3. The number of nitrogens with zero attached hydrogens (tertiary/aromatic N) is 1. The molecule has 2 rings (SSSR count). The van der Waals surface area contributed by atoms with E-state index in [2.05, 4.69) is 35.4 Å². The zero-order chi connectivity index (χ0) is 13.8. The van der Waals surface area contributed by atoms with Crippen molar-refractivity contribution in [2.45, 2.75) is 33.6 Å². The lowest BCUT2D eigenvalue weighted by Crippen LogP contribution is -2.12. The second-order valence-corrected chi connectivity index (χ2v) is 5.90. The lowest BCUT2D eigenvalue weighted by Gasteiger charge is -2.03.